The SMILES string of the molecule is COc1cccc2cc(C(=O)N(CC3CC3)C3CC(C(=O)NCCO)=CC(Oc4ccccc4I)C3O)oc12. The van der Waals surface area contributed by atoms with Crippen LogP contribution >= 0.6 is 22.6 Å². The van der Waals surface area contributed by atoms with Gasteiger partial charge in [0.15, 0.2) is 17.1 Å². The number of nitrogens with zero attached hydrogens (tertiary/aromatic N) is 1. The van der Waals surface area contributed by atoms with E-state index in [0.29, 0.717) is 35.1 Å². The second kappa shape index (κ2) is 12.0. The molecule has 3 unspecified atom stereocenters. The number of fused-ring (bicyclic) bond motifs is 1. The molecule has 0 radical (unpaired) electrons. The van der Waals surface area contributed by atoms with Crippen molar-refractivity contribution in [3.8, 4) is 11.5 Å². The van der Waals surface area contributed by atoms with Crippen molar-refractivity contribution in [3.63, 3.8) is 0 Å². The van der Waals surface area contributed by atoms with Crippen LogP contribution in [0.1, 0.15) is 29.8 Å². The Kier molecular flexibility index (Phi) is 8.43. The van der Waals surface area contributed by atoms with Crippen LogP contribution in [0.5, 0.6) is 11.5 Å². The molecule has 9 nitrogen and oxygen atoms in total. The number of amides is 2. The molecule has 1 fully saturated rings. The van der Waals surface area contributed by atoms with E-state index in [1.165, 1.54) is 0 Å². The van der Waals surface area contributed by atoms with Crippen LogP contribution in [0.25, 0.3) is 11.0 Å². The molecule has 1 aromatic heterocycles. The molecule has 2 aliphatic rings. The molecule has 206 valence electrons. The number of aliphatic hydroxyl groups is 2. The van der Waals surface area contributed by atoms with Crippen LogP contribution in [0.2, 0.25) is 0 Å². The molecular formula is C29H31IN2O7. The first-order valence-electron chi connectivity index (χ1n) is 13.0. The van der Waals surface area contributed by atoms with Gasteiger partial charge in [-0.3, -0.25) is 9.59 Å². The summed E-state index contributed by atoms with van der Waals surface area (Å²) in [6, 6.07) is 13.8. The van der Waals surface area contributed by atoms with Gasteiger partial charge in [0.05, 0.1) is 23.3 Å². The number of nitrogens with one attached hydrogen (secondary N) is 1. The van der Waals surface area contributed by atoms with Crippen molar-refractivity contribution in [1.29, 1.82) is 0 Å². The fourth-order valence-electron chi connectivity index (χ4n) is 4.86. The standard InChI is InChI=1S/C29H31IN2O7/c1-37-23-8-4-5-18-14-25(39-27(18)23)29(36)32(16-17-9-10-17)21-13-19(28(35)31-11-12-33)15-24(26(21)34)38-22-7-3-2-6-20(22)30/h2-8,14-15,17,21,24,26,33-34H,9-13,16H2,1H3,(H,31,35). The van der Waals surface area contributed by atoms with Gasteiger partial charge in [-0.2, -0.15) is 0 Å². The van der Waals surface area contributed by atoms with E-state index in [1.807, 2.05) is 30.3 Å². The van der Waals surface area contributed by atoms with Crippen molar-refractivity contribution in [3.05, 3.63) is 69.5 Å². The summed E-state index contributed by atoms with van der Waals surface area (Å²) in [7, 11) is 1.54. The molecule has 1 heterocycles. The Morgan fingerprint density at radius 3 is 2.64 bits per heavy atom. The highest BCUT2D eigenvalue weighted by Crippen LogP contribution is 2.36. The van der Waals surface area contributed by atoms with Crippen LogP contribution < -0.4 is 14.8 Å². The van der Waals surface area contributed by atoms with Gasteiger partial charge >= 0.3 is 0 Å². The van der Waals surface area contributed by atoms with Gasteiger partial charge in [0.1, 0.15) is 18.0 Å². The molecule has 2 aliphatic carbocycles. The minimum atomic E-state index is -1.10. The predicted octanol–water partition coefficient (Wildman–Crippen LogP) is 3.51. The normalized spacial score (nSPS) is 20.8. The summed E-state index contributed by atoms with van der Waals surface area (Å²) in [6.07, 6.45) is 1.75. The van der Waals surface area contributed by atoms with Crippen molar-refractivity contribution < 1.29 is 33.7 Å². The smallest absolute Gasteiger partial charge is 0.289 e. The average molecular weight is 646 g/mol. The predicted molar refractivity (Wildman–Crippen MR) is 153 cm³/mol. The summed E-state index contributed by atoms with van der Waals surface area (Å²) in [5, 5.41) is 24.2. The Bertz CT molecular complexity index is 1380. The highest BCUT2D eigenvalue weighted by atomic mass is 127. The first kappa shape index (κ1) is 27.5. The third kappa shape index (κ3) is 6.07. The van der Waals surface area contributed by atoms with Crippen LogP contribution in [0.3, 0.4) is 0 Å². The van der Waals surface area contributed by atoms with E-state index in [9.17, 15) is 19.8 Å². The number of furan rings is 1. The number of hydrogen-bond donors (Lipinski definition) is 3. The lowest BCUT2D eigenvalue weighted by atomic mass is 9.87. The number of para-hydroxylation sites is 2. The number of aliphatic hydroxyl groups excluding tert-OH is 2. The Labute approximate surface area is 239 Å². The van der Waals surface area contributed by atoms with Gasteiger partial charge in [-0.25, -0.2) is 0 Å². The summed E-state index contributed by atoms with van der Waals surface area (Å²) < 4.78 is 18.4. The highest BCUT2D eigenvalue weighted by Gasteiger charge is 2.43. The van der Waals surface area contributed by atoms with Crippen molar-refractivity contribution >= 4 is 45.4 Å². The molecule has 0 aliphatic heterocycles. The van der Waals surface area contributed by atoms with Gasteiger partial charge in [-0.15, -0.1) is 0 Å². The minimum Gasteiger partial charge on any atom is -0.493 e. The maximum Gasteiger partial charge on any atom is 0.289 e. The second-order valence-electron chi connectivity index (χ2n) is 9.84. The molecule has 0 bridgehead atoms. The summed E-state index contributed by atoms with van der Waals surface area (Å²) in [5.41, 5.74) is 0.859. The molecule has 0 spiro atoms. The summed E-state index contributed by atoms with van der Waals surface area (Å²) in [6.45, 7) is 0.321. The summed E-state index contributed by atoms with van der Waals surface area (Å²) >= 11 is 2.15. The summed E-state index contributed by atoms with van der Waals surface area (Å²) in [5.74, 6) is 0.803. The summed E-state index contributed by atoms with van der Waals surface area (Å²) in [4.78, 5) is 28.6. The van der Waals surface area contributed by atoms with Gasteiger partial charge < -0.3 is 34.3 Å². The van der Waals surface area contributed by atoms with E-state index in [2.05, 4.69) is 27.9 Å². The number of halogens is 1. The number of hydrogen-bond acceptors (Lipinski definition) is 7. The fourth-order valence-corrected chi connectivity index (χ4v) is 5.37. The Balaban J connectivity index is 1.49. The molecule has 3 aromatic rings. The quantitative estimate of drug-likeness (QED) is 0.289. The number of carbonyl (C=O) groups is 2. The van der Waals surface area contributed by atoms with Crippen molar-refractivity contribution in [2.75, 3.05) is 26.8 Å². The molecule has 3 atom stereocenters. The van der Waals surface area contributed by atoms with Crippen LogP contribution in [0.15, 0.2) is 64.6 Å². The molecular weight excluding hydrogens is 615 g/mol. The van der Waals surface area contributed by atoms with Gasteiger partial charge in [-0.05, 0) is 71.7 Å². The molecule has 39 heavy (non-hydrogen) atoms. The average Bonchev–Trinajstić information content (AvgIpc) is 3.66. The third-order valence-corrected chi connectivity index (χ3v) is 7.96. The van der Waals surface area contributed by atoms with Crippen LogP contribution in [0, 0.1) is 9.49 Å². The first-order chi connectivity index (χ1) is 18.9. The number of methoxy groups -OCH3 is 1. The third-order valence-electron chi connectivity index (χ3n) is 7.07. The lowest BCUT2D eigenvalue weighted by Gasteiger charge is -2.40. The van der Waals surface area contributed by atoms with E-state index in [4.69, 9.17) is 13.9 Å². The Morgan fingerprint density at radius 2 is 1.92 bits per heavy atom. The maximum atomic E-state index is 14.0. The zero-order valence-corrected chi connectivity index (χ0v) is 23.7. The van der Waals surface area contributed by atoms with Crippen molar-refractivity contribution in [2.45, 2.75) is 37.5 Å². The zero-order valence-electron chi connectivity index (χ0n) is 21.5. The van der Waals surface area contributed by atoms with Crippen molar-refractivity contribution in [1.82, 2.24) is 10.2 Å². The van der Waals surface area contributed by atoms with Gasteiger partial charge in [0.25, 0.3) is 5.91 Å². The first-order valence-corrected chi connectivity index (χ1v) is 14.0. The topological polar surface area (TPSA) is 121 Å². The van der Waals surface area contributed by atoms with E-state index in [1.54, 1.807) is 36.3 Å². The van der Waals surface area contributed by atoms with Crippen molar-refractivity contribution in [2.24, 2.45) is 5.92 Å². The molecule has 10 heteroatoms. The van der Waals surface area contributed by atoms with Crippen LogP contribution in [0.4, 0.5) is 0 Å². The van der Waals surface area contributed by atoms with Crippen LogP contribution in [-0.2, 0) is 4.79 Å². The fraction of sp³-hybridized carbons (Fsp3) is 0.379. The Hall–Kier alpha value is -3.09. The maximum absolute atomic E-state index is 14.0. The molecule has 2 aromatic carbocycles. The number of rotatable bonds is 10. The largest absolute Gasteiger partial charge is 0.493 e. The number of carbonyl (C=O) groups excluding carboxylic acids is 2. The highest BCUT2D eigenvalue weighted by molar-refractivity contribution is 14.1. The van der Waals surface area contributed by atoms with E-state index in [-0.39, 0.29) is 37.1 Å². The van der Waals surface area contributed by atoms with E-state index >= 15 is 0 Å². The van der Waals surface area contributed by atoms with Gasteiger partial charge in [-0.1, -0.05) is 24.3 Å². The molecule has 2 amide bonds. The van der Waals surface area contributed by atoms with Gasteiger partial charge in [0, 0.05) is 30.5 Å². The number of ether oxygens (including phenoxy) is 2. The van der Waals surface area contributed by atoms with E-state index < -0.39 is 18.2 Å². The minimum absolute atomic E-state index is 0.0943. The molecule has 3 N–H and O–H groups in total. The zero-order chi connectivity index (χ0) is 27.5. The lowest BCUT2D eigenvalue weighted by molar-refractivity contribution is -0.118. The molecule has 0 saturated heterocycles. The lowest BCUT2D eigenvalue weighted by Crippen LogP contribution is -2.55. The van der Waals surface area contributed by atoms with Gasteiger partial charge in [0.2, 0.25) is 5.91 Å². The van der Waals surface area contributed by atoms with E-state index in [0.717, 1.165) is 21.8 Å². The Morgan fingerprint density at radius 1 is 1.15 bits per heavy atom. The molecule has 5 rings (SSSR count). The van der Waals surface area contributed by atoms with Crippen LogP contribution in [-0.4, -0.2) is 72.0 Å². The number of benzene rings is 2. The monoisotopic (exact) mass is 646 g/mol. The second-order valence-corrected chi connectivity index (χ2v) is 11.0. The molecule has 1 saturated carbocycles.